The van der Waals surface area contributed by atoms with Crippen LogP contribution >= 0.6 is 0 Å². The highest BCUT2D eigenvalue weighted by atomic mass is 16.5. The Kier molecular flexibility index (Phi) is 4.05. The molecule has 4 nitrogen and oxygen atoms in total. The molecule has 0 aliphatic carbocycles. The second-order valence-electron chi connectivity index (χ2n) is 5.51. The molecule has 3 rings (SSSR count). The van der Waals surface area contributed by atoms with Crippen molar-refractivity contribution in [3.63, 3.8) is 0 Å². The van der Waals surface area contributed by atoms with Crippen LogP contribution in [0.1, 0.15) is 24.4 Å². The largest absolute Gasteiger partial charge is 0.464 e. The van der Waals surface area contributed by atoms with Gasteiger partial charge in [0.15, 0.2) is 0 Å². The molecule has 2 atom stereocenters. The summed E-state index contributed by atoms with van der Waals surface area (Å²) >= 11 is 0. The number of rotatable bonds is 5. The molecule has 1 aromatic heterocycles. The average Bonchev–Trinajstić information content (AvgIpc) is 3.10. The Morgan fingerprint density at radius 2 is 2.25 bits per heavy atom. The van der Waals surface area contributed by atoms with Gasteiger partial charge in [0.1, 0.15) is 5.58 Å². The fourth-order valence-electron chi connectivity index (χ4n) is 3.04. The highest BCUT2D eigenvalue weighted by Crippen LogP contribution is 2.29. The molecule has 20 heavy (non-hydrogen) atoms. The van der Waals surface area contributed by atoms with E-state index < -0.39 is 0 Å². The molecule has 0 saturated carbocycles. The van der Waals surface area contributed by atoms with Crippen LogP contribution < -0.4 is 5.73 Å². The van der Waals surface area contributed by atoms with Crippen LogP contribution in [0.4, 0.5) is 0 Å². The van der Waals surface area contributed by atoms with Crippen molar-refractivity contribution in [1.29, 1.82) is 0 Å². The molecule has 0 bridgehead atoms. The van der Waals surface area contributed by atoms with Crippen molar-refractivity contribution >= 4 is 11.0 Å². The van der Waals surface area contributed by atoms with Crippen molar-refractivity contribution in [2.24, 2.45) is 5.73 Å². The average molecular weight is 274 g/mol. The van der Waals surface area contributed by atoms with E-state index in [1.54, 1.807) is 0 Å². The van der Waals surface area contributed by atoms with E-state index in [1.165, 1.54) is 12.0 Å². The van der Waals surface area contributed by atoms with Gasteiger partial charge in [-0.3, -0.25) is 4.90 Å². The van der Waals surface area contributed by atoms with E-state index in [4.69, 9.17) is 14.9 Å². The summed E-state index contributed by atoms with van der Waals surface area (Å²) in [6, 6.07) is 8.28. The van der Waals surface area contributed by atoms with Crippen LogP contribution in [-0.2, 0) is 4.74 Å². The Hall–Kier alpha value is -1.36. The van der Waals surface area contributed by atoms with Crippen molar-refractivity contribution < 1.29 is 9.15 Å². The fraction of sp³-hybridized carbons (Fsp3) is 0.500. The first-order valence-electron chi connectivity index (χ1n) is 7.27. The monoisotopic (exact) mass is 274 g/mol. The summed E-state index contributed by atoms with van der Waals surface area (Å²) in [6.07, 6.45) is 4.50. The molecule has 1 saturated heterocycles. The van der Waals surface area contributed by atoms with Crippen LogP contribution in [-0.4, -0.2) is 37.7 Å². The van der Waals surface area contributed by atoms with Crippen LogP contribution in [0, 0.1) is 0 Å². The summed E-state index contributed by atoms with van der Waals surface area (Å²) < 4.78 is 11.4. The van der Waals surface area contributed by atoms with Gasteiger partial charge in [-0.05, 0) is 26.0 Å². The summed E-state index contributed by atoms with van der Waals surface area (Å²) in [7, 11) is 2.11. The second kappa shape index (κ2) is 5.95. The maximum absolute atomic E-state index is 6.01. The number of benzene rings is 1. The number of hydrogen-bond donors (Lipinski definition) is 1. The molecule has 0 radical (unpaired) electrons. The molecule has 2 unspecified atom stereocenters. The van der Waals surface area contributed by atoms with Gasteiger partial charge in [0.05, 0.1) is 18.4 Å². The first kappa shape index (κ1) is 13.6. The zero-order valence-electron chi connectivity index (χ0n) is 11.9. The second-order valence-corrected chi connectivity index (χ2v) is 5.51. The van der Waals surface area contributed by atoms with Crippen LogP contribution in [0.3, 0.4) is 0 Å². The predicted octanol–water partition coefficient (Wildman–Crippen LogP) is 2.54. The van der Waals surface area contributed by atoms with Gasteiger partial charge in [0.2, 0.25) is 0 Å². The molecule has 2 heterocycles. The highest BCUT2D eigenvalue weighted by molar-refractivity contribution is 5.81. The summed E-state index contributed by atoms with van der Waals surface area (Å²) in [4.78, 5) is 2.28. The molecule has 1 aromatic carbocycles. The van der Waals surface area contributed by atoms with Gasteiger partial charge in [0, 0.05) is 30.6 Å². The third-order valence-corrected chi connectivity index (χ3v) is 4.14. The molecular weight excluding hydrogens is 252 g/mol. The lowest BCUT2D eigenvalue weighted by Crippen LogP contribution is -2.35. The smallest absolute Gasteiger partial charge is 0.134 e. The SMILES string of the molecule is CN(CC1CCCO1)C(CN)c1coc2ccccc12. The number of hydrogen-bond acceptors (Lipinski definition) is 4. The molecule has 108 valence electrons. The van der Waals surface area contributed by atoms with E-state index >= 15 is 0 Å². The van der Waals surface area contributed by atoms with Crippen molar-refractivity contribution in [2.45, 2.75) is 25.0 Å². The van der Waals surface area contributed by atoms with Gasteiger partial charge in [-0.15, -0.1) is 0 Å². The number of likely N-dealkylation sites (N-methyl/N-ethyl adjacent to an activating group) is 1. The number of furan rings is 1. The van der Waals surface area contributed by atoms with Crippen LogP contribution in [0.2, 0.25) is 0 Å². The van der Waals surface area contributed by atoms with Gasteiger partial charge in [0.25, 0.3) is 0 Å². The predicted molar refractivity (Wildman–Crippen MR) is 79.6 cm³/mol. The standard InChI is InChI=1S/C16H22N2O2/c1-18(10-12-5-4-8-19-12)15(9-17)14-11-20-16-7-3-2-6-13(14)16/h2-3,6-7,11-12,15H,4-5,8-10,17H2,1H3. The Balaban J connectivity index is 1.81. The highest BCUT2D eigenvalue weighted by Gasteiger charge is 2.24. The topological polar surface area (TPSA) is 51.6 Å². The summed E-state index contributed by atoms with van der Waals surface area (Å²) in [6.45, 7) is 2.38. The Morgan fingerprint density at radius 1 is 1.40 bits per heavy atom. The third kappa shape index (κ3) is 2.59. The summed E-state index contributed by atoms with van der Waals surface area (Å²) in [5.74, 6) is 0. The quantitative estimate of drug-likeness (QED) is 0.910. The van der Waals surface area contributed by atoms with Gasteiger partial charge >= 0.3 is 0 Å². The van der Waals surface area contributed by atoms with Crippen LogP contribution in [0.25, 0.3) is 11.0 Å². The summed E-state index contributed by atoms with van der Waals surface area (Å²) in [5.41, 5.74) is 8.10. The zero-order valence-corrected chi connectivity index (χ0v) is 11.9. The van der Waals surface area contributed by atoms with Gasteiger partial charge in [-0.25, -0.2) is 0 Å². The number of ether oxygens (including phenoxy) is 1. The molecule has 2 N–H and O–H groups in total. The number of nitrogens with two attached hydrogens (primary N) is 1. The van der Waals surface area contributed by atoms with E-state index in [0.29, 0.717) is 12.6 Å². The van der Waals surface area contributed by atoms with E-state index in [0.717, 1.165) is 30.5 Å². The Morgan fingerprint density at radius 3 is 3.00 bits per heavy atom. The van der Waals surface area contributed by atoms with Gasteiger partial charge in [-0.2, -0.15) is 0 Å². The first-order valence-corrected chi connectivity index (χ1v) is 7.27. The van der Waals surface area contributed by atoms with Gasteiger partial charge < -0.3 is 14.9 Å². The minimum atomic E-state index is 0.169. The van der Waals surface area contributed by atoms with Crippen molar-refractivity contribution in [1.82, 2.24) is 4.90 Å². The van der Waals surface area contributed by atoms with E-state index in [9.17, 15) is 0 Å². The Labute approximate surface area is 119 Å². The number of nitrogens with zero attached hydrogens (tertiary/aromatic N) is 1. The molecule has 4 heteroatoms. The minimum Gasteiger partial charge on any atom is -0.464 e. The number of para-hydroxylation sites is 1. The normalized spacial score (nSPS) is 20.9. The van der Waals surface area contributed by atoms with E-state index in [1.807, 2.05) is 24.5 Å². The third-order valence-electron chi connectivity index (χ3n) is 4.14. The molecular formula is C16H22N2O2. The Bertz CT molecular complexity index is 560. The maximum atomic E-state index is 6.01. The zero-order chi connectivity index (χ0) is 13.9. The van der Waals surface area contributed by atoms with Crippen molar-refractivity contribution in [2.75, 3.05) is 26.7 Å². The lowest BCUT2D eigenvalue weighted by Gasteiger charge is -2.28. The maximum Gasteiger partial charge on any atom is 0.134 e. The van der Waals surface area contributed by atoms with Crippen LogP contribution in [0.5, 0.6) is 0 Å². The van der Waals surface area contributed by atoms with Crippen LogP contribution in [0.15, 0.2) is 34.9 Å². The van der Waals surface area contributed by atoms with Gasteiger partial charge in [-0.1, -0.05) is 18.2 Å². The molecule has 1 aliphatic rings. The lowest BCUT2D eigenvalue weighted by molar-refractivity contribution is 0.0690. The molecule has 0 spiro atoms. The molecule has 1 fully saturated rings. The number of fused-ring (bicyclic) bond motifs is 1. The van der Waals surface area contributed by atoms with Crippen molar-refractivity contribution in [3.05, 3.63) is 36.1 Å². The summed E-state index contributed by atoms with van der Waals surface area (Å²) in [5, 5.41) is 1.15. The minimum absolute atomic E-state index is 0.169. The molecule has 1 aliphatic heterocycles. The van der Waals surface area contributed by atoms with E-state index in [-0.39, 0.29) is 6.04 Å². The van der Waals surface area contributed by atoms with E-state index in [2.05, 4.69) is 18.0 Å². The fourth-order valence-corrected chi connectivity index (χ4v) is 3.04. The molecule has 2 aromatic rings. The molecule has 0 amide bonds. The lowest BCUT2D eigenvalue weighted by atomic mass is 10.0. The van der Waals surface area contributed by atoms with Crippen molar-refractivity contribution in [3.8, 4) is 0 Å². The first-order chi connectivity index (χ1) is 9.79.